The minimum absolute atomic E-state index is 0.0387. The number of esters is 2. The SMILES string of the molecule is O=C(NCCOCCOC(=O)c1cccc2cc3ccccc3cc12)C(=O)NCCOCCOC(=O)c1cccc2cc3ccccc3cc12. The van der Waals surface area contributed by atoms with Gasteiger partial charge in [-0.3, -0.25) is 9.59 Å². The molecule has 6 rings (SSSR count). The average Bonchev–Trinajstić information content (AvgIpc) is 3.14. The summed E-state index contributed by atoms with van der Waals surface area (Å²) in [6.45, 7) is 0.813. The number of benzene rings is 6. The summed E-state index contributed by atoms with van der Waals surface area (Å²) in [7, 11) is 0. The van der Waals surface area contributed by atoms with Crippen LogP contribution >= 0.6 is 0 Å². The molecular formula is C40H36N2O8. The number of carbonyl (C=O) groups is 4. The fourth-order valence-corrected chi connectivity index (χ4v) is 5.67. The number of nitrogens with one attached hydrogen (secondary N) is 2. The largest absolute Gasteiger partial charge is 0.460 e. The number of ether oxygens (including phenoxy) is 4. The molecule has 0 bridgehead atoms. The van der Waals surface area contributed by atoms with Crippen molar-refractivity contribution in [2.45, 2.75) is 0 Å². The van der Waals surface area contributed by atoms with Crippen LogP contribution in [0.1, 0.15) is 20.7 Å². The maximum atomic E-state index is 12.8. The van der Waals surface area contributed by atoms with Gasteiger partial charge < -0.3 is 29.6 Å². The van der Waals surface area contributed by atoms with Gasteiger partial charge in [0.1, 0.15) is 13.2 Å². The molecule has 0 radical (unpaired) electrons. The van der Waals surface area contributed by atoms with Crippen LogP contribution in [0.5, 0.6) is 0 Å². The highest BCUT2D eigenvalue weighted by Crippen LogP contribution is 2.27. The van der Waals surface area contributed by atoms with Gasteiger partial charge in [-0.05, 0) is 79.5 Å². The summed E-state index contributed by atoms with van der Waals surface area (Å²) in [6.07, 6.45) is 0. The first-order valence-electron chi connectivity index (χ1n) is 16.4. The fourth-order valence-electron chi connectivity index (χ4n) is 5.67. The van der Waals surface area contributed by atoms with Gasteiger partial charge in [-0.1, -0.05) is 72.8 Å². The lowest BCUT2D eigenvalue weighted by molar-refractivity contribution is -0.139. The van der Waals surface area contributed by atoms with Gasteiger partial charge in [0, 0.05) is 13.1 Å². The molecule has 6 aromatic rings. The van der Waals surface area contributed by atoms with Crippen LogP contribution in [0.3, 0.4) is 0 Å². The fraction of sp³-hybridized carbons (Fsp3) is 0.200. The van der Waals surface area contributed by atoms with Gasteiger partial charge in [-0.25, -0.2) is 9.59 Å². The first kappa shape index (κ1) is 34.0. The molecule has 10 heteroatoms. The molecule has 0 spiro atoms. The van der Waals surface area contributed by atoms with Gasteiger partial charge >= 0.3 is 23.8 Å². The summed E-state index contributed by atoms with van der Waals surface area (Å²) < 4.78 is 21.7. The quantitative estimate of drug-likeness (QED) is 0.0665. The molecule has 0 saturated heterocycles. The predicted molar refractivity (Wildman–Crippen MR) is 191 cm³/mol. The lowest BCUT2D eigenvalue weighted by Gasteiger charge is -2.10. The Kier molecular flexibility index (Phi) is 11.2. The molecule has 0 aliphatic heterocycles. The van der Waals surface area contributed by atoms with Crippen LogP contribution in [0.4, 0.5) is 0 Å². The molecule has 0 aromatic heterocycles. The van der Waals surface area contributed by atoms with Gasteiger partial charge in [0.15, 0.2) is 0 Å². The maximum Gasteiger partial charge on any atom is 0.338 e. The van der Waals surface area contributed by atoms with E-state index >= 15 is 0 Å². The normalized spacial score (nSPS) is 11.1. The Bertz CT molecular complexity index is 2030. The molecule has 0 fully saturated rings. The number of amides is 2. The molecule has 0 unspecified atom stereocenters. The van der Waals surface area contributed by atoms with Crippen LogP contribution in [-0.2, 0) is 28.5 Å². The first-order chi connectivity index (χ1) is 24.5. The minimum Gasteiger partial charge on any atom is -0.460 e. The zero-order valence-corrected chi connectivity index (χ0v) is 27.3. The Morgan fingerprint density at radius 1 is 0.420 bits per heavy atom. The molecule has 2 amide bonds. The summed E-state index contributed by atoms with van der Waals surface area (Å²) >= 11 is 0. The molecule has 50 heavy (non-hydrogen) atoms. The molecule has 0 saturated carbocycles. The lowest BCUT2D eigenvalue weighted by Crippen LogP contribution is -2.42. The predicted octanol–water partition coefficient (Wildman–Crippen LogP) is 5.58. The topological polar surface area (TPSA) is 129 Å². The van der Waals surface area contributed by atoms with Gasteiger partial charge in [0.05, 0.1) is 37.6 Å². The van der Waals surface area contributed by atoms with Crippen molar-refractivity contribution in [3.05, 3.63) is 120 Å². The molecule has 0 aliphatic carbocycles. The highest BCUT2D eigenvalue weighted by molar-refractivity contribution is 6.35. The van der Waals surface area contributed by atoms with E-state index in [1.807, 2.05) is 97.1 Å². The zero-order chi connectivity index (χ0) is 34.7. The van der Waals surface area contributed by atoms with E-state index < -0.39 is 23.8 Å². The van der Waals surface area contributed by atoms with Crippen LogP contribution in [0.15, 0.2) is 109 Å². The van der Waals surface area contributed by atoms with Crippen molar-refractivity contribution in [1.29, 1.82) is 0 Å². The lowest BCUT2D eigenvalue weighted by atomic mass is 10.00. The molecule has 2 N–H and O–H groups in total. The van der Waals surface area contributed by atoms with E-state index in [2.05, 4.69) is 10.6 Å². The van der Waals surface area contributed by atoms with E-state index in [1.165, 1.54) is 0 Å². The van der Waals surface area contributed by atoms with E-state index in [1.54, 1.807) is 12.1 Å². The Labute approximate surface area is 288 Å². The Hall–Kier alpha value is -5.84. The standard InChI is InChI=1S/C40H36N2O8/c43-37(41-15-17-47-19-21-49-39(45)33-13-5-11-31-23-27-7-1-3-9-29(27)25-35(31)33)38(44)42-16-18-48-20-22-50-40(46)34-14-6-12-32-24-28-8-2-4-10-30(28)26-36(32)34/h1-14,23-26H,15-22H2,(H,41,43)(H,42,44). The highest BCUT2D eigenvalue weighted by Gasteiger charge is 2.15. The summed E-state index contributed by atoms with van der Waals surface area (Å²) in [6, 6.07) is 35.0. The van der Waals surface area contributed by atoms with E-state index in [9.17, 15) is 19.2 Å². The van der Waals surface area contributed by atoms with Gasteiger partial charge in [-0.2, -0.15) is 0 Å². The third kappa shape index (κ3) is 8.41. The molecule has 0 aliphatic rings. The van der Waals surface area contributed by atoms with Crippen molar-refractivity contribution in [2.75, 3.05) is 52.7 Å². The molecule has 254 valence electrons. The third-order valence-corrected chi connectivity index (χ3v) is 8.13. The third-order valence-electron chi connectivity index (χ3n) is 8.13. The Morgan fingerprint density at radius 3 is 1.22 bits per heavy atom. The second kappa shape index (κ2) is 16.5. The number of hydrogen-bond donors (Lipinski definition) is 2. The summed E-state index contributed by atoms with van der Waals surface area (Å²) in [5.74, 6) is -2.50. The summed E-state index contributed by atoms with van der Waals surface area (Å²) in [5.41, 5.74) is 0.956. The van der Waals surface area contributed by atoms with E-state index in [0.29, 0.717) is 11.1 Å². The van der Waals surface area contributed by atoms with Crippen LogP contribution in [0.2, 0.25) is 0 Å². The smallest absolute Gasteiger partial charge is 0.338 e. The molecule has 0 atom stereocenters. The number of hydrogen-bond acceptors (Lipinski definition) is 8. The van der Waals surface area contributed by atoms with Gasteiger partial charge in [0.25, 0.3) is 0 Å². The zero-order valence-electron chi connectivity index (χ0n) is 27.3. The van der Waals surface area contributed by atoms with Crippen LogP contribution in [0.25, 0.3) is 43.1 Å². The van der Waals surface area contributed by atoms with E-state index in [0.717, 1.165) is 43.1 Å². The second-order valence-corrected chi connectivity index (χ2v) is 11.5. The first-order valence-corrected chi connectivity index (χ1v) is 16.4. The van der Waals surface area contributed by atoms with Crippen molar-refractivity contribution < 1.29 is 38.1 Å². The molecule has 10 nitrogen and oxygen atoms in total. The molecule has 0 heterocycles. The van der Waals surface area contributed by atoms with Gasteiger partial charge in [-0.15, -0.1) is 0 Å². The van der Waals surface area contributed by atoms with E-state index in [-0.39, 0.29) is 52.7 Å². The van der Waals surface area contributed by atoms with Crippen LogP contribution in [0, 0.1) is 0 Å². The van der Waals surface area contributed by atoms with E-state index in [4.69, 9.17) is 18.9 Å². The van der Waals surface area contributed by atoms with Crippen molar-refractivity contribution in [3.8, 4) is 0 Å². The Balaban J connectivity index is 0.814. The summed E-state index contributed by atoms with van der Waals surface area (Å²) in [5, 5.41) is 12.7. The molecule has 6 aromatic carbocycles. The van der Waals surface area contributed by atoms with Gasteiger partial charge in [0.2, 0.25) is 0 Å². The number of fused-ring (bicyclic) bond motifs is 4. The van der Waals surface area contributed by atoms with Crippen LogP contribution < -0.4 is 10.6 Å². The second-order valence-electron chi connectivity index (χ2n) is 11.5. The highest BCUT2D eigenvalue weighted by atomic mass is 16.6. The monoisotopic (exact) mass is 672 g/mol. The maximum absolute atomic E-state index is 12.8. The minimum atomic E-state index is -0.805. The average molecular weight is 673 g/mol. The van der Waals surface area contributed by atoms with Crippen molar-refractivity contribution >= 4 is 66.8 Å². The number of rotatable bonds is 14. The van der Waals surface area contributed by atoms with Crippen LogP contribution in [-0.4, -0.2) is 76.5 Å². The number of carbonyl (C=O) groups excluding carboxylic acids is 4. The molecular weight excluding hydrogens is 636 g/mol. The van der Waals surface area contributed by atoms with Crippen molar-refractivity contribution in [2.24, 2.45) is 0 Å². The summed E-state index contributed by atoms with van der Waals surface area (Å²) in [4.78, 5) is 49.6. The van der Waals surface area contributed by atoms with Crippen molar-refractivity contribution in [1.82, 2.24) is 10.6 Å². The van der Waals surface area contributed by atoms with Crippen molar-refractivity contribution in [3.63, 3.8) is 0 Å². The Morgan fingerprint density at radius 2 is 0.800 bits per heavy atom.